The summed E-state index contributed by atoms with van der Waals surface area (Å²) in [5, 5.41) is 10.7. The van der Waals surface area contributed by atoms with Crippen LogP contribution >= 0.6 is 0 Å². The lowest BCUT2D eigenvalue weighted by Crippen LogP contribution is -2.58. The number of rotatable bonds is 6. The summed E-state index contributed by atoms with van der Waals surface area (Å²) in [5.41, 5.74) is 1.83. The van der Waals surface area contributed by atoms with Crippen LogP contribution in [-0.2, 0) is 28.7 Å². The molecule has 2 fully saturated rings. The number of nitrogens with zero attached hydrogens (tertiary/aromatic N) is 3. The van der Waals surface area contributed by atoms with Crippen LogP contribution in [-0.4, -0.2) is 88.6 Å². The summed E-state index contributed by atoms with van der Waals surface area (Å²) in [5.74, 6) is -3.56. The molecule has 0 bridgehead atoms. The zero-order valence-corrected chi connectivity index (χ0v) is 29.8. The van der Waals surface area contributed by atoms with Gasteiger partial charge >= 0.3 is 5.97 Å². The van der Waals surface area contributed by atoms with Gasteiger partial charge in [0.15, 0.2) is 0 Å². The summed E-state index contributed by atoms with van der Waals surface area (Å²) < 4.78 is 13.3. The molecule has 0 unspecified atom stereocenters. The fourth-order valence-corrected chi connectivity index (χ4v) is 8.27. The van der Waals surface area contributed by atoms with Gasteiger partial charge in [-0.3, -0.25) is 19.2 Å². The van der Waals surface area contributed by atoms with Gasteiger partial charge in [-0.05, 0) is 62.3 Å². The maximum absolute atomic E-state index is 15.0. The number of amides is 3. The number of hydrogen-bond acceptors (Lipinski definition) is 7. The molecule has 10 nitrogen and oxygen atoms in total. The molecule has 4 aliphatic heterocycles. The minimum absolute atomic E-state index is 0.0889. The molecule has 0 aromatic heterocycles. The number of carbonyl (C=O) groups excluding carboxylic acids is 4. The van der Waals surface area contributed by atoms with Crippen molar-refractivity contribution in [3.8, 4) is 0 Å². The topological polar surface area (TPSA) is 117 Å². The van der Waals surface area contributed by atoms with Gasteiger partial charge in [0.05, 0.1) is 30.7 Å². The lowest BCUT2D eigenvalue weighted by Gasteiger charge is -2.39. The average Bonchev–Trinajstić information content (AvgIpc) is 3.49. The van der Waals surface area contributed by atoms with E-state index in [1.165, 1.54) is 4.90 Å². The zero-order chi connectivity index (χ0) is 35.9. The predicted octanol–water partition coefficient (Wildman–Crippen LogP) is 4.68. The van der Waals surface area contributed by atoms with Crippen molar-refractivity contribution in [2.75, 3.05) is 25.1 Å². The molecule has 10 heteroatoms. The van der Waals surface area contributed by atoms with E-state index in [9.17, 15) is 19.5 Å². The molecule has 2 aromatic rings. The van der Waals surface area contributed by atoms with E-state index in [0.29, 0.717) is 18.4 Å². The van der Waals surface area contributed by atoms with Crippen LogP contribution < -0.4 is 4.90 Å². The number of likely N-dealkylation sites (tertiary alicyclic amines) is 1. The van der Waals surface area contributed by atoms with Gasteiger partial charge in [-0.25, -0.2) is 0 Å². The number of allylic oxidation sites excluding steroid dienone is 1. The van der Waals surface area contributed by atoms with Gasteiger partial charge in [0.25, 0.3) is 5.91 Å². The summed E-state index contributed by atoms with van der Waals surface area (Å²) in [4.78, 5) is 62.7. The Kier molecular flexibility index (Phi) is 10.1. The maximum Gasteiger partial charge on any atom is 0.313 e. The standard InChI is InChI=1S/C40H49N3O7/c1-24(2)21-29(23-44)43-36-38(47)42(30-22-25(3)17-18-26(30)4)20-12-19-40(36)34(37(43)46)33-31(50-40)15-10-11-16-32(45)41(6)27(5)35(49-39(33)48)28-13-8-7-9-14-28/h7-10,12-15,17-19,22,24,27,29,31,33-36,44H,11,16,20-21,23H2,1-6H3/b15-10-/t27-,29+,31-,33+,34+,35+,36-,40+/m0/s1. The Morgan fingerprint density at radius 1 is 1.00 bits per heavy atom. The Hall–Kier alpha value is -4.28. The van der Waals surface area contributed by atoms with E-state index < -0.39 is 59.6 Å². The number of fused-ring (bicyclic) bond motifs is 2. The molecule has 50 heavy (non-hydrogen) atoms. The first-order valence-electron chi connectivity index (χ1n) is 17.7. The fraction of sp³-hybridized carbons (Fsp3) is 0.500. The first kappa shape index (κ1) is 35.5. The molecule has 1 N–H and O–H groups in total. The van der Waals surface area contributed by atoms with E-state index in [0.717, 1.165) is 16.8 Å². The summed E-state index contributed by atoms with van der Waals surface area (Å²) in [6.07, 6.45) is 6.59. The molecule has 8 atom stereocenters. The molecule has 0 aliphatic carbocycles. The van der Waals surface area contributed by atoms with E-state index in [1.807, 2.05) is 95.3 Å². The van der Waals surface area contributed by atoms with Crippen LogP contribution in [0.4, 0.5) is 5.69 Å². The van der Waals surface area contributed by atoms with Crippen molar-refractivity contribution >= 4 is 29.4 Å². The number of aliphatic hydroxyl groups is 1. The van der Waals surface area contributed by atoms with E-state index in [-0.39, 0.29) is 37.3 Å². The number of aliphatic hydroxyl groups excluding tert-OH is 1. The van der Waals surface area contributed by atoms with Gasteiger partial charge in [-0.2, -0.15) is 0 Å². The van der Waals surface area contributed by atoms with Crippen molar-refractivity contribution < 1.29 is 33.8 Å². The largest absolute Gasteiger partial charge is 0.455 e. The molecule has 266 valence electrons. The van der Waals surface area contributed by atoms with Crippen molar-refractivity contribution in [3.63, 3.8) is 0 Å². The van der Waals surface area contributed by atoms with E-state index in [4.69, 9.17) is 9.47 Å². The Labute approximate surface area is 294 Å². The Morgan fingerprint density at radius 3 is 2.44 bits per heavy atom. The molecule has 1 spiro atoms. The number of esters is 1. The number of likely N-dealkylation sites (N-methyl/N-ethyl adjacent to an activating group) is 1. The highest BCUT2D eigenvalue weighted by Gasteiger charge is 2.72. The number of hydrogen-bond donors (Lipinski definition) is 1. The second kappa shape index (κ2) is 14.2. The number of aryl methyl sites for hydroxylation is 2. The van der Waals surface area contributed by atoms with Gasteiger partial charge in [0.1, 0.15) is 23.7 Å². The summed E-state index contributed by atoms with van der Waals surface area (Å²) in [7, 11) is 1.71. The summed E-state index contributed by atoms with van der Waals surface area (Å²) in [6.45, 7) is 9.66. The summed E-state index contributed by atoms with van der Waals surface area (Å²) in [6, 6.07) is 12.9. The molecule has 4 aliphatic rings. The molecule has 4 heterocycles. The fourth-order valence-electron chi connectivity index (χ4n) is 8.27. The van der Waals surface area contributed by atoms with Gasteiger partial charge in [0, 0.05) is 25.7 Å². The zero-order valence-electron chi connectivity index (χ0n) is 29.8. The number of anilines is 1. The molecule has 2 saturated heterocycles. The second-order valence-corrected chi connectivity index (χ2v) is 14.7. The molecule has 0 saturated carbocycles. The summed E-state index contributed by atoms with van der Waals surface area (Å²) >= 11 is 0. The minimum Gasteiger partial charge on any atom is -0.455 e. The van der Waals surface area contributed by atoms with Crippen LogP contribution in [0.3, 0.4) is 0 Å². The number of benzene rings is 2. The first-order chi connectivity index (χ1) is 23.9. The SMILES string of the molecule is Cc1ccc(C)c(N2CC=C[C@@]34O[C@H]5/C=C\CCC(=O)N(C)[C@@H](C)[C@H](c6ccccc6)OC(=O)[C@H]5[C@@H]3C(=O)N([C@@H](CO)CC(C)C)[C@H]4C2=O)c1. The minimum atomic E-state index is -1.51. The highest BCUT2D eigenvalue weighted by molar-refractivity contribution is 6.06. The van der Waals surface area contributed by atoms with Crippen molar-refractivity contribution in [3.05, 3.63) is 89.5 Å². The number of carbonyl (C=O) groups is 4. The molecule has 0 radical (unpaired) electrons. The van der Waals surface area contributed by atoms with Crippen molar-refractivity contribution in [2.24, 2.45) is 17.8 Å². The Balaban J connectivity index is 1.49. The Bertz CT molecular complexity index is 1690. The van der Waals surface area contributed by atoms with Crippen LogP contribution in [0, 0.1) is 31.6 Å². The average molecular weight is 684 g/mol. The highest BCUT2D eigenvalue weighted by atomic mass is 16.6. The van der Waals surface area contributed by atoms with Gasteiger partial charge in [0.2, 0.25) is 11.8 Å². The third-order valence-electron chi connectivity index (χ3n) is 10.9. The van der Waals surface area contributed by atoms with E-state index in [1.54, 1.807) is 29.0 Å². The third-order valence-corrected chi connectivity index (χ3v) is 10.9. The maximum atomic E-state index is 15.0. The van der Waals surface area contributed by atoms with Gasteiger partial charge in [-0.15, -0.1) is 0 Å². The van der Waals surface area contributed by atoms with Crippen LogP contribution in [0.15, 0.2) is 72.8 Å². The monoisotopic (exact) mass is 683 g/mol. The second-order valence-electron chi connectivity index (χ2n) is 14.7. The molecule has 6 rings (SSSR count). The molecule has 2 aromatic carbocycles. The third kappa shape index (κ3) is 6.17. The first-order valence-corrected chi connectivity index (χ1v) is 17.7. The molecular formula is C40H49N3O7. The highest BCUT2D eigenvalue weighted by Crippen LogP contribution is 2.54. The number of cyclic esters (lactones) is 1. The van der Waals surface area contributed by atoms with E-state index in [2.05, 4.69) is 0 Å². The van der Waals surface area contributed by atoms with Crippen molar-refractivity contribution in [1.29, 1.82) is 0 Å². The van der Waals surface area contributed by atoms with Crippen molar-refractivity contribution in [1.82, 2.24) is 9.80 Å². The van der Waals surface area contributed by atoms with Crippen LogP contribution in [0.5, 0.6) is 0 Å². The molecular weight excluding hydrogens is 634 g/mol. The van der Waals surface area contributed by atoms with Crippen LogP contribution in [0.25, 0.3) is 0 Å². The van der Waals surface area contributed by atoms with Crippen LogP contribution in [0.2, 0.25) is 0 Å². The lowest BCUT2D eigenvalue weighted by atomic mass is 9.77. The van der Waals surface area contributed by atoms with Gasteiger partial charge in [-0.1, -0.05) is 80.6 Å². The lowest BCUT2D eigenvalue weighted by molar-refractivity contribution is -0.164. The Morgan fingerprint density at radius 2 is 1.74 bits per heavy atom. The smallest absolute Gasteiger partial charge is 0.313 e. The normalized spacial score (nSPS) is 31.4. The van der Waals surface area contributed by atoms with Gasteiger partial charge < -0.3 is 29.3 Å². The van der Waals surface area contributed by atoms with E-state index >= 15 is 4.79 Å². The molecule has 3 amide bonds. The van der Waals surface area contributed by atoms with Crippen LogP contribution in [0.1, 0.15) is 62.8 Å². The predicted molar refractivity (Wildman–Crippen MR) is 189 cm³/mol. The quantitative estimate of drug-likeness (QED) is 0.348. The van der Waals surface area contributed by atoms with Crippen molar-refractivity contribution in [2.45, 2.75) is 89.8 Å². The number of ether oxygens (including phenoxy) is 2.